The Hall–Kier alpha value is -2.76. The van der Waals surface area contributed by atoms with Crippen LogP contribution >= 0.6 is 0 Å². The number of benzene rings is 1. The number of hydrogen-bond donors (Lipinski definition) is 2. The number of amides is 2. The van der Waals surface area contributed by atoms with Crippen LogP contribution in [0.2, 0.25) is 0 Å². The molecule has 1 aliphatic rings. The first-order valence-corrected chi connectivity index (χ1v) is 8.85. The van der Waals surface area contributed by atoms with Crippen molar-refractivity contribution in [1.29, 1.82) is 0 Å². The van der Waals surface area contributed by atoms with E-state index in [2.05, 4.69) is 15.6 Å². The number of anilines is 1. The molecule has 0 atom stereocenters. The van der Waals surface area contributed by atoms with E-state index in [-0.39, 0.29) is 29.5 Å². The predicted octanol–water partition coefficient (Wildman–Crippen LogP) is 3.28. The maximum absolute atomic E-state index is 13.2. The highest BCUT2D eigenvalue weighted by Crippen LogP contribution is 2.30. The van der Waals surface area contributed by atoms with Gasteiger partial charge in [0.2, 0.25) is 11.8 Å². The average molecular weight is 355 g/mol. The smallest absolute Gasteiger partial charge is 0.227 e. The zero-order valence-electron chi connectivity index (χ0n) is 14.5. The predicted molar refractivity (Wildman–Crippen MR) is 96.6 cm³/mol. The Morgan fingerprint density at radius 3 is 2.42 bits per heavy atom. The number of hydrogen-bond acceptors (Lipinski definition) is 3. The van der Waals surface area contributed by atoms with Gasteiger partial charge in [0, 0.05) is 36.5 Å². The second kappa shape index (κ2) is 8.56. The van der Waals surface area contributed by atoms with E-state index in [0.717, 1.165) is 5.56 Å². The lowest BCUT2D eigenvalue weighted by Gasteiger charge is -2.27. The van der Waals surface area contributed by atoms with Crippen molar-refractivity contribution in [3.8, 4) is 0 Å². The van der Waals surface area contributed by atoms with Gasteiger partial charge in [-0.05, 0) is 55.5 Å². The van der Waals surface area contributed by atoms with E-state index in [1.165, 1.54) is 12.1 Å². The molecule has 1 aromatic heterocycles. The van der Waals surface area contributed by atoms with Gasteiger partial charge in [-0.3, -0.25) is 14.6 Å². The fourth-order valence-electron chi connectivity index (χ4n) is 3.26. The van der Waals surface area contributed by atoms with Crippen molar-refractivity contribution in [1.82, 2.24) is 10.3 Å². The standard InChI is InChI=1S/C20H22FN3O2/c21-17-4-1-5-18(11-17)24-20(26)16-8-6-15(7-9-16)19(25)23-13-14-3-2-10-22-12-14/h1-5,10-12,15-16H,6-9,13H2,(H,23,25)(H,24,26). The van der Waals surface area contributed by atoms with Crippen LogP contribution in [-0.4, -0.2) is 16.8 Å². The summed E-state index contributed by atoms with van der Waals surface area (Å²) in [7, 11) is 0. The molecule has 136 valence electrons. The summed E-state index contributed by atoms with van der Waals surface area (Å²) < 4.78 is 13.2. The molecule has 0 bridgehead atoms. The maximum Gasteiger partial charge on any atom is 0.227 e. The van der Waals surface area contributed by atoms with Gasteiger partial charge in [0.15, 0.2) is 0 Å². The van der Waals surface area contributed by atoms with Crippen LogP contribution in [0.1, 0.15) is 31.2 Å². The van der Waals surface area contributed by atoms with E-state index in [1.807, 2.05) is 12.1 Å². The van der Waals surface area contributed by atoms with E-state index in [1.54, 1.807) is 24.5 Å². The van der Waals surface area contributed by atoms with Crippen LogP contribution in [0.3, 0.4) is 0 Å². The van der Waals surface area contributed by atoms with E-state index in [9.17, 15) is 14.0 Å². The summed E-state index contributed by atoms with van der Waals surface area (Å²) in [5.74, 6) is -0.662. The first-order valence-electron chi connectivity index (χ1n) is 8.85. The lowest BCUT2D eigenvalue weighted by atomic mass is 9.81. The largest absolute Gasteiger partial charge is 0.352 e. The Kier molecular flexibility index (Phi) is 5.94. The average Bonchev–Trinajstić information content (AvgIpc) is 2.67. The Morgan fingerprint density at radius 1 is 1.04 bits per heavy atom. The molecule has 5 nitrogen and oxygen atoms in total. The summed E-state index contributed by atoms with van der Waals surface area (Å²) >= 11 is 0. The summed E-state index contributed by atoms with van der Waals surface area (Å²) in [6.07, 6.45) is 6.11. The molecule has 1 aromatic carbocycles. The minimum atomic E-state index is -0.378. The first kappa shape index (κ1) is 18.0. The Balaban J connectivity index is 1.44. The number of aromatic nitrogens is 1. The second-order valence-electron chi connectivity index (χ2n) is 6.63. The molecule has 0 spiro atoms. The highest BCUT2D eigenvalue weighted by Gasteiger charge is 2.29. The van der Waals surface area contributed by atoms with Gasteiger partial charge in [-0.2, -0.15) is 0 Å². The normalized spacial score (nSPS) is 19.6. The molecule has 1 saturated carbocycles. The number of nitrogens with one attached hydrogen (secondary N) is 2. The molecule has 2 N–H and O–H groups in total. The van der Waals surface area contributed by atoms with Crippen LogP contribution in [0.4, 0.5) is 10.1 Å². The highest BCUT2D eigenvalue weighted by atomic mass is 19.1. The number of halogens is 1. The molecule has 1 heterocycles. The monoisotopic (exact) mass is 355 g/mol. The molecule has 1 fully saturated rings. The van der Waals surface area contributed by atoms with Crippen LogP contribution in [0.25, 0.3) is 0 Å². The van der Waals surface area contributed by atoms with E-state index >= 15 is 0 Å². The van der Waals surface area contributed by atoms with E-state index in [4.69, 9.17) is 0 Å². The maximum atomic E-state index is 13.2. The van der Waals surface area contributed by atoms with Gasteiger partial charge in [-0.15, -0.1) is 0 Å². The van der Waals surface area contributed by atoms with E-state index in [0.29, 0.717) is 37.9 Å². The Labute approximate surface area is 152 Å². The van der Waals surface area contributed by atoms with Gasteiger partial charge < -0.3 is 10.6 Å². The van der Waals surface area contributed by atoms with Crippen LogP contribution < -0.4 is 10.6 Å². The lowest BCUT2D eigenvalue weighted by Crippen LogP contribution is -2.35. The van der Waals surface area contributed by atoms with Gasteiger partial charge in [-0.25, -0.2) is 4.39 Å². The third kappa shape index (κ3) is 4.88. The summed E-state index contributed by atoms with van der Waals surface area (Å²) in [6.45, 7) is 0.465. The molecule has 2 aromatic rings. The zero-order valence-corrected chi connectivity index (χ0v) is 14.5. The van der Waals surface area contributed by atoms with Crippen molar-refractivity contribution in [2.75, 3.05) is 5.32 Å². The highest BCUT2D eigenvalue weighted by molar-refractivity contribution is 5.92. The zero-order chi connectivity index (χ0) is 18.4. The first-order chi connectivity index (χ1) is 12.6. The molecular weight excluding hydrogens is 333 g/mol. The number of rotatable bonds is 5. The number of nitrogens with zero attached hydrogens (tertiary/aromatic N) is 1. The molecule has 2 amide bonds. The minimum Gasteiger partial charge on any atom is -0.352 e. The molecule has 6 heteroatoms. The Bertz CT molecular complexity index is 759. The van der Waals surface area contributed by atoms with Gasteiger partial charge in [0.1, 0.15) is 5.82 Å². The van der Waals surface area contributed by atoms with Crippen molar-refractivity contribution >= 4 is 17.5 Å². The molecule has 0 saturated heterocycles. The third-order valence-electron chi connectivity index (χ3n) is 4.75. The summed E-state index contributed by atoms with van der Waals surface area (Å²) in [6, 6.07) is 9.62. The molecule has 1 aliphatic carbocycles. The molecule has 0 radical (unpaired) electrons. The van der Waals surface area contributed by atoms with Crippen LogP contribution in [0.5, 0.6) is 0 Å². The second-order valence-corrected chi connectivity index (χ2v) is 6.63. The fourth-order valence-corrected chi connectivity index (χ4v) is 3.26. The van der Waals surface area contributed by atoms with Crippen molar-refractivity contribution in [3.63, 3.8) is 0 Å². The Morgan fingerprint density at radius 2 is 1.77 bits per heavy atom. The van der Waals surface area contributed by atoms with Crippen molar-refractivity contribution < 1.29 is 14.0 Å². The van der Waals surface area contributed by atoms with Crippen LogP contribution in [-0.2, 0) is 16.1 Å². The van der Waals surface area contributed by atoms with Gasteiger partial charge in [-0.1, -0.05) is 12.1 Å². The summed E-state index contributed by atoms with van der Waals surface area (Å²) in [4.78, 5) is 28.7. The van der Waals surface area contributed by atoms with Crippen molar-refractivity contribution in [2.45, 2.75) is 32.2 Å². The van der Waals surface area contributed by atoms with Gasteiger partial charge >= 0.3 is 0 Å². The molecule has 3 rings (SSSR count). The quantitative estimate of drug-likeness (QED) is 0.865. The van der Waals surface area contributed by atoms with Crippen LogP contribution in [0.15, 0.2) is 48.8 Å². The van der Waals surface area contributed by atoms with Gasteiger partial charge in [0.05, 0.1) is 0 Å². The van der Waals surface area contributed by atoms with Crippen molar-refractivity contribution in [2.24, 2.45) is 11.8 Å². The lowest BCUT2D eigenvalue weighted by molar-refractivity contribution is -0.128. The molecule has 26 heavy (non-hydrogen) atoms. The third-order valence-corrected chi connectivity index (χ3v) is 4.75. The number of pyridine rings is 1. The summed E-state index contributed by atoms with van der Waals surface area (Å²) in [5, 5.41) is 5.69. The fraction of sp³-hybridized carbons (Fsp3) is 0.350. The summed E-state index contributed by atoms with van der Waals surface area (Å²) in [5.41, 5.74) is 1.43. The molecular formula is C20H22FN3O2. The van der Waals surface area contributed by atoms with Crippen molar-refractivity contribution in [3.05, 3.63) is 60.2 Å². The molecule has 0 aliphatic heterocycles. The molecule has 0 unspecified atom stereocenters. The SMILES string of the molecule is O=C(NCc1cccnc1)C1CCC(C(=O)Nc2cccc(F)c2)CC1. The van der Waals surface area contributed by atoms with E-state index < -0.39 is 0 Å². The minimum absolute atomic E-state index is 0.0258. The number of carbonyl (C=O) groups excluding carboxylic acids is 2. The van der Waals surface area contributed by atoms with Gasteiger partial charge in [0.25, 0.3) is 0 Å². The van der Waals surface area contributed by atoms with Crippen LogP contribution in [0, 0.1) is 17.7 Å². The topological polar surface area (TPSA) is 71.1 Å². The number of carbonyl (C=O) groups is 2.